The number of hydrogen-bond donors (Lipinski definition) is 1. The van der Waals surface area contributed by atoms with E-state index >= 15 is 0 Å². The van der Waals surface area contributed by atoms with Crippen LogP contribution < -0.4 is 5.32 Å². The van der Waals surface area contributed by atoms with Crippen molar-refractivity contribution in [1.82, 2.24) is 5.32 Å². The van der Waals surface area contributed by atoms with Gasteiger partial charge in [0.25, 0.3) is 0 Å². The third-order valence-corrected chi connectivity index (χ3v) is 5.69. The molecule has 0 aromatic rings. The van der Waals surface area contributed by atoms with Crippen LogP contribution in [0.4, 0.5) is 0 Å². The highest BCUT2D eigenvalue weighted by atomic mass is 28.4. The Morgan fingerprint density at radius 1 is 1.11 bits per heavy atom. The quantitative estimate of drug-likeness (QED) is 0.546. The highest BCUT2D eigenvalue weighted by molar-refractivity contribution is 6.59. The molecule has 108 valence electrons. The summed E-state index contributed by atoms with van der Waals surface area (Å²) in [4.78, 5) is 0. The number of rotatable bonds is 8. The number of hydrogen-bond acceptors (Lipinski definition) is 4. The SMILES string of the molecule is CCO[Si](C)(OCC)OC(C)NC1CCCCC1. The second-order valence-electron chi connectivity index (χ2n) is 4.99. The molecule has 0 aliphatic heterocycles. The molecule has 1 rings (SSSR count). The van der Waals surface area contributed by atoms with Crippen LogP contribution in [0.15, 0.2) is 0 Å². The zero-order valence-electron chi connectivity index (χ0n) is 12.3. The van der Waals surface area contributed by atoms with Crippen LogP contribution in [0, 0.1) is 0 Å². The van der Waals surface area contributed by atoms with Crippen LogP contribution in [0.3, 0.4) is 0 Å². The van der Waals surface area contributed by atoms with Gasteiger partial charge in [-0.1, -0.05) is 19.3 Å². The van der Waals surface area contributed by atoms with E-state index in [1.807, 2.05) is 20.4 Å². The molecule has 0 bridgehead atoms. The predicted octanol–water partition coefficient (Wildman–Crippen LogP) is 2.91. The molecular formula is C13H29NO3Si. The minimum Gasteiger partial charge on any atom is -0.374 e. The zero-order valence-corrected chi connectivity index (χ0v) is 13.3. The minimum absolute atomic E-state index is 0.00265. The first-order valence-electron chi connectivity index (χ1n) is 7.31. The van der Waals surface area contributed by atoms with E-state index in [1.165, 1.54) is 32.1 Å². The summed E-state index contributed by atoms with van der Waals surface area (Å²) in [6.45, 7) is 9.26. The lowest BCUT2D eigenvalue weighted by Gasteiger charge is -2.32. The van der Waals surface area contributed by atoms with Gasteiger partial charge in [0.05, 0.1) is 6.23 Å². The molecule has 1 fully saturated rings. The molecule has 0 spiro atoms. The van der Waals surface area contributed by atoms with E-state index in [-0.39, 0.29) is 6.23 Å². The molecule has 0 amide bonds. The Labute approximate surface area is 113 Å². The molecule has 1 saturated carbocycles. The molecular weight excluding hydrogens is 246 g/mol. The molecule has 1 unspecified atom stereocenters. The highest BCUT2D eigenvalue weighted by Crippen LogP contribution is 2.19. The second-order valence-corrected chi connectivity index (χ2v) is 7.53. The summed E-state index contributed by atoms with van der Waals surface area (Å²) in [6.07, 6.45) is 6.55. The lowest BCUT2D eigenvalue weighted by atomic mass is 9.95. The molecule has 0 aromatic heterocycles. The van der Waals surface area contributed by atoms with Gasteiger partial charge in [-0.15, -0.1) is 0 Å². The summed E-state index contributed by atoms with van der Waals surface area (Å²) in [7, 11) is -2.46. The second kappa shape index (κ2) is 8.27. The minimum atomic E-state index is -2.46. The van der Waals surface area contributed by atoms with Crippen molar-refractivity contribution in [2.45, 2.75) is 71.7 Å². The average Bonchev–Trinajstić information content (AvgIpc) is 2.30. The van der Waals surface area contributed by atoms with Gasteiger partial charge in [0.15, 0.2) is 0 Å². The van der Waals surface area contributed by atoms with E-state index in [1.54, 1.807) is 0 Å². The first-order chi connectivity index (χ1) is 8.59. The molecule has 1 N–H and O–H groups in total. The summed E-state index contributed by atoms with van der Waals surface area (Å²) >= 11 is 0. The van der Waals surface area contributed by atoms with Crippen molar-refractivity contribution < 1.29 is 13.3 Å². The molecule has 0 heterocycles. The van der Waals surface area contributed by atoms with Gasteiger partial charge in [0.2, 0.25) is 0 Å². The van der Waals surface area contributed by atoms with Crippen molar-refractivity contribution >= 4 is 8.80 Å². The van der Waals surface area contributed by atoms with Gasteiger partial charge in [0.1, 0.15) is 0 Å². The molecule has 0 radical (unpaired) electrons. The maximum atomic E-state index is 6.00. The lowest BCUT2D eigenvalue weighted by molar-refractivity contribution is 0.0255. The van der Waals surface area contributed by atoms with E-state index in [2.05, 4.69) is 12.2 Å². The van der Waals surface area contributed by atoms with Crippen LogP contribution in [-0.2, 0) is 13.3 Å². The van der Waals surface area contributed by atoms with Gasteiger partial charge in [-0.2, -0.15) is 0 Å². The van der Waals surface area contributed by atoms with E-state index in [0.717, 1.165) is 0 Å². The maximum absolute atomic E-state index is 6.00. The van der Waals surface area contributed by atoms with Gasteiger partial charge >= 0.3 is 8.80 Å². The van der Waals surface area contributed by atoms with E-state index in [4.69, 9.17) is 13.3 Å². The van der Waals surface area contributed by atoms with E-state index < -0.39 is 8.80 Å². The third kappa shape index (κ3) is 5.80. The molecule has 0 saturated heterocycles. The Morgan fingerprint density at radius 3 is 2.17 bits per heavy atom. The van der Waals surface area contributed by atoms with Crippen molar-refractivity contribution in [1.29, 1.82) is 0 Å². The normalized spacial score (nSPS) is 20.0. The fraction of sp³-hybridized carbons (Fsp3) is 1.00. The van der Waals surface area contributed by atoms with Crippen LogP contribution in [0.2, 0.25) is 6.55 Å². The summed E-state index contributed by atoms with van der Waals surface area (Å²) in [6, 6.07) is 0.593. The molecule has 1 atom stereocenters. The Hall–Kier alpha value is 0.0569. The Morgan fingerprint density at radius 2 is 1.67 bits per heavy atom. The molecule has 1 aliphatic carbocycles. The highest BCUT2D eigenvalue weighted by Gasteiger charge is 2.36. The van der Waals surface area contributed by atoms with Crippen molar-refractivity contribution in [3.63, 3.8) is 0 Å². The van der Waals surface area contributed by atoms with Gasteiger partial charge < -0.3 is 13.3 Å². The zero-order chi connectivity index (χ0) is 13.4. The lowest BCUT2D eigenvalue weighted by Crippen LogP contribution is -2.50. The van der Waals surface area contributed by atoms with Crippen molar-refractivity contribution in [2.24, 2.45) is 0 Å². The van der Waals surface area contributed by atoms with Gasteiger partial charge in [-0.05, 0) is 33.6 Å². The van der Waals surface area contributed by atoms with Crippen LogP contribution in [0.5, 0.6) is 0 Å². The van der Waals surface area contributed by atoms with Crippen LogP contribution in [-0.4, -0.2) is 34.3 Å². The van der Waals surface area contributed by atoms with E-state index in [9.17, 15) is 0 Å². The fourth-order valence-electron chi connectivity index (χ4n) is 2.59. The van der Waals surface area contributed by atoms with Crippen LogP contribution in [0.25, 0.3) is 0 Å². The predicted molar refractivity (Wildman–Crippen MR) is 75.4 cm³/mol. The molecule has 18 heavy (non-hydrogen) atoms. The third-order valence-electron chi connectivity index (χ3n) is 3.28. The first-order valence-corrected chi connectivity index (χ1v) is 9.54. The van der Waals surface area contributed by atoms with Crippen LogP contribution in [0.1, 0.15) is 52.9 Å². The molecule has 4 nitrogen and oxygen atoms in total. The van der Waals surface area contributed by atoms with Gasteiger partial charge in [-0.3, -0.25) is 5.32 Å². The smallest absolute Gasteiger partial charge is 0.374 e. The summed E-state index contributed by atoms with van der Waals surface area (Å²) in [5.74, 6) is 0. The number of nitrogens with one attached hydrogen (secondary N) is 1. The monoisotopic (exact) mass is 275 g/mol. The Kier molecular flexibility index (Phi) is 7.40. The fourth-order valence-corrected chi connectivity index (χ4v) is 4.57. The average molecular weight is 275 g/mol. The maximum Gasteiger partial charge on any atom is 0.498 e. The largest absolute Gasteiger partial charge is 0.498 e. The summed E-state index contributed by atoms with van der Waals surface area (Å²) < 4.78 is 17.4. The topological polar surface area (TPSA) is 39.7 Å². The summed E-state index contributed by atoms with van der Waals surface area (Å²) in [5.41, 5.74) is 0. The first kappa shape index (κ1) is 16.1. The Balaban J connectivity index is 2.37. The van der Waals surface area contributed by atoms with Crippen molar-refractivity contribution in [3.8, 4) is 0 Å². The van der Waals surface area contributed by atoms with Crippen molar-refractivity contribution in [3.05, 3.63) is 0 Å². The van der Waals surface area contributed by atoms with Gasteiger partial charge in [-0.25, -0.2) is 0 Å². The summed E-state index contributed by atoms with van der Waals surface area (Å²) in [5, 5.41) is 3.54. The van der Waals surface area contributed by atoms with Gasteiger partial charge in [0, 0.05) is 25.8 Å². The Bertz CT molecular complexity index is 216. The standard InChI is InChI=1S/C13H29NO3Si/c1-5-15-18(4,16-6-2)17-12(3)14-13-10-8-7-9-11-13/h12-14H,5-11H2,1-4H3. The molecule has 1 aliphatic rings. The van der Waals surface area contributed by atoms with Crippen LogP contribution >= 0.6 is 0 Å². The van der Waals surface area contributed by atoms with Crippen molar-refractivity contribution in [2.75, 3.05) is 13.2 Å². The van der Waals surface area contributed by atoms with E-state index in [0.29, 0.717) is 19.3 Å². The molecule has 0 aromatic carbocycles. The molecule has 5 heteroatoms.